The highest BCUT2D eigenvalue weighted by molar-refractivity contribution is 5.76. The predicted octanol–water partition coefficient (Wildman–Crippen LogP) is 2.80. The molecular weight excluding hydrogens is 268 g/mol. The van der Waals surface area contributed by atoms with Crippen molar-refractivity contribution in [2.45, 2.75) is 58.4 Å². The third kappa shape index (κ3) is 4.61. The molecule has 2 rings (SSSR count). The summed E-state index contributed by atoms with van der Waals surface area (Å²) < 4.78 is 0. The van der Waals surface area contributed by atoms with E-state index in [1.54, 1.807) is 4.90 Å². The Hall–Kier alpha value is -1.26. The minimum absolute atomic E-state index is 0.0463. The molecule has 5 nitrogen and oxygen atoms in total. The van der Waals surface area contributed by atoms with E-state index in [0.29, 0.717) is 18.4 Å². The topological polar surface area (TPSA) is 60.9 Å². The van der Waals surface area contributed by atoms with E-state index in [2.05, 4.69) is 13.8 Å². The average molecular weight is 296 g/mol. The van der Waals surface area contributed by atoms with Crippen LogP contribution in [-0.4, -0.2) is 52.6 Å². The van der Waals surface area contributed by atoms with Crippen LogP contribution in [0.15, 0.2) is 0 Å². The second kappa shape index (κ2) is 7.14. The molecule has 2 fully saturated rings. The van der Waals surface area contributed by atoms with Gasteiger partial charge in [-0.3, -0.25) is 4.79 Å². The Morgan fingerprint density at radius 2 is 1.90 bits per heavy atom. The molecule has 0 aromatic rings. The highest BCUT2D eigenvalue weighted by Gasteiger charge is 2.35. The summed E-state index contributed by atoms with van der Waals surface area (Å²) in [5.41, 5.74) is 0. The Labute approximate surface area is 127 Å². The Bertz CT molecular complexity index is 380. The second-order valence-electron chi connectivity index (χ2n) is 6.77. The molecular formula is C16H28N2O3. The normalized spacial score (nSPS) is 23.0. The van der Waals surface area contributed by atoms with Crippen LogP contribution in [0.25, 0.3) is 0 Å². The van der Waals surface area contributed by atoms with Gasteiger partial charge in [-0.15, -0.1) is 0 Å². The van der Waals surface area contributed by atoms with E-state index in [9.17, 15) is 9.59 Å². The first-order valence-corrected chi connectivity index (χ1v) is 8.26. The standard InChI is InChI=1S/C16H28N2O3/c1-12(2)13-4-3-9-17(10-7-13)16(21)18(14-5-6-14)11-8-15(19)20/h12-14H,3-11H2,1-2H3,(H,19,20). The number of aliphatic carboxylic acids is 1. The van der Waals surface area contributed by atoms with Crippen molar-refractivity contribution in [3.63, 3.8) is 0 Å². The molecule has 1 heterocycles. The molecule has 1 saturated carbocycles. The van der Waals surface area contributed by atoms with Gasteiger partial charge in [0.05, 0.1) is 6.42 Å². The van der Waals surface area contributed by atoms with Gasteiger partial charge in [-0.05, 0) is 43.9 Å². The van der Waals surface area contributed by atoms with Crippen LogP contribution in [0.5, 0.6) is 0 Å². The molecule has 1 saturated heterocycles. The van der Waals surface area contributed by atoms with Crippen LogP contribution in [0.4, 0.5) is 4.79 Å². The number of urea groups is 1. The molecule has 0 aromatic heterocycles. The summed E-state index contributed by atoms with van der Waals surface area (Å²) >= 11 is 0. The minimum Gasteiger partial charge on any atom is -0.481 e. The van der Waals surface area contributed by atoms with Gasteiger partial charge in [0.1, 0.15) is 0 Å². The van der Waals surface area contributed by atoms with Gasteiger partial charge in [-0.2, -0.15) is 0 Å². The van der Waals surface area contributed by atoms with Gasteiger partial charge in [0.15, 0.2) is 0 Å². The van der Waals surface area contributed by atoms with Crippen molar-refractivity contribution in [2.24, 2.45) is 11.8 Å². The van der Waals surface area contributed by atoms with Crippen molar-refractivity contribution < 1.29 is 14.7 Å². The first-order valence-electron chi connectivity index (χ1n) is 8.26. The maximum absolute atomic E-state index is 12.7. The number of amides is 2. The summed E-state index contributed by atoms with van der Waals surface area (Å²) in [5, 5.41) is 8.85. The number of likely N-dealkylation sites (tertiary alicyclic amines) is 1. The molecule has 1 atom stereocenters. The fourth-order valence-corrected chi connectivity index (χ4v) is 3.20. The Morgan fingerprint density at radius 3 is 2.48 bits per heavy atom. The number of rotatable bonds is 5. The summed E-state index contributed by atoms with van der Waals surface area (Å²) in [4.78, 5) is 27.2. The fourth-order valence-electron chi connectivity index (χ4n) is 3.20. The number of hydrogen-bond donors (Lipinski definition) is 1. The molecule has 0 radical (unpaired) electrons. The molecule has 21 heavy (non-hydrogen) atoms. The van der Waals surface area contributed by atoms with Gasteiger partial charge < -0.3 is 14.9 Å². The smallest absolute Gasteiger partial charge is 0.320 e. The third-order valence-electron chi connectivity index (χ3n) is 4.79. The summed E-state index contributed by atoms with van der Waals surface area (Å²) in [6.07, 6.45) is 5.42. The summed E-state index contributed by atoms with van der Waals surface area (Å²) in [5.74, 6) is 0.548. The first kappa shape index (κ1) is 16.1. The molecule has 2 aliphatic rings. The molecule has 1 unspecified atom stereocenters. The van der Waals surface area contributed by atoms with Crippen LogP contribution in [0.1, 0.15) is 52.4 Å². The van der Waals surface area contributed by atoms with E-state index < -0.39 is 5.97 Å². The van der Waals surface area contributed by atoms with Crippen LogP contribution >= 0.6 is 0 Å². The lowest BCUT2D eigenvalue weighted by Gasteiger charge is -2.30. The van der Waals surface area contributed by atoms with Crippen LogP contribution < -0.4 is 0 Å². The average Bonchev–Trinajstić information content (AvgIpc) is 3.24. The predicted molar refractivity (Wildman–Crippen MR) is 81.1 cm³/mol. The van der Waals surface area contributed by atoms with E-state index in [-0.39, 0.29) is 18.5 Å². The highest BCUT2D eigenvalue weighted by atomic mass is 16.4. The number of nitrogens with zero attached hydrogens (tertiary/aromatic N) is 2. The SMILES string of the molecule is CC(C)C1CCCN(C(=O)N(CCC(=O)O)C2CC2)CC1. The molecule has 1 aliphatic carbocycles. The monoisotopic (exact) mass is 296 g/mol. The third-order valence-corrected chi connectivity index (χ3v) is 4.79. The molecule has 5 heteroatoms. The van der Waals surface area contributed by atoms with Crippen molar-refractivity contribution in [3.8, 4) is 0 Å². The van der Waals surface area contributed by atoms with E-state index in [0.717, 1.165) is 38.8 Å². The molecule has 0 aromatic carbocycles. The molecule has 1 aliphatic heterocycles. The second-order valence-corrected chi connectivity index (χ2v) is 6.77. The van der Waals surface area contributed by atoms with Gasteiger partial charge in [0.25, 0.3) is 0 Å². The number of carbonyl (C=O) groups is 2. The van der Waals surface area contributed by atoms with Gasteiger partial charge in [-0.1, -0.05) is 13.8 Å². The number of carboxylic acids is 1. The van der Waals surface area contributed by atoms with Crippen molar-refractivity contribution in [1.82, 2.24) is 9.80 Å². The van der Waals surface area contributed by atoms with Crippen LogP contribution in [0.2, 0.25) is 0 Å². The first-order chi connectivity index (χ1) is 9.99. The lowest BCUT2D eigenvalue weighted by Crippen LogP contribution is -2.45. The van der Waals surface area contributed by atoms with E-state index in [1.165, 1.54) is 6.42 Å². The van der Waals surface area contributed by atoms with E-state index in [1.807, 2.05) is 4.90 Å². The Morgan fingerprint density at radius 1 is 1.19 bits per heavy atom. The van der Waals surface area contributed by atoms with Gasteiger partial charge >= 0.3 is 12.0 Å². The van der Waals surface area contributed by atoms with Crippen LogP contribution in [0, 0.1) is 11.8 Å². The maximum atomic E-state index is 12.7. The zero-order valence-corrected chi connectivity index (χ0v) is 13.3. The summed E-state index contributed by atoms with van der Waals surface area (Å²) in [7, 11) is 0. The van der Waals surface area contributed by atoms with Gasteiger partial charge in [0.2, 0.25) is 0 Å². The Kier molecular flexibility index (Phi) is 5.48. The van der Waals surface area contributed by atoms with Gasteiger partial charge in [0, 0.05) is 25.7 Å². The van der Waals surface area contributed by atoms with Crippen molar-refractivity contribution in [3.05, 3.63) is 0 Å². The lowest BCUT2D eigenvalue weighted by atomic mass is 9.89. The summed E-state index contributed by atoms with van der Waals surface area (Å²) in [6.45, 7) is 6.50. The van der Waals surface area contributed by atoms with E-state index >= 15 is 0 Å². The van der Waals surface area contributed by atoms with Crippen molar-refractivity contribution >= 4 is 12.0 Å². The summed E-state index contributed by atoms with van der Waals surface area (Å²) in [6, 6.07) is 0.337. The number of carboxylic acid groups (broad SMARTS) is 1. The molecule has 2 amide bonds. The Balaban J connectivity index is 1.91. The quantitative estimate of drug-likeness (QED) is 0.848. The van der Waals surface area contributed by atoms with Crippen LogP contribution in [0.3, 0.4) is 0 Å². The maximum Gasteiger partial charge on any atom is 0.320 e. The van der Waals surface area contributed by atoms with Crippen molar-refractivity contribution in [2.75, 3.05) is 19.6 Å². The molecule has 120 valence electrons. The zero-order chi connectivity index (χ0) is 15.4. The zero-order valence-electron chi connectivity index (χ0n) is 13.3. The highest BCUT2D eigenvalue weighted by Crippen LogP contribution is 2.30. The number of carbonyl (C=O) groups excluding carboxylic acids is 1. The minimum atomic E-state index is -0.829. The molecule has 0 bridgehead atoms. The van der Waals surface area contributed by atoms with Crippen LogP contribution in [-0.2, 0) is 4.79 Å². The molecule has 1 N–H and O–H groups in total. The lowest BCUT2D eigenvalue weighted by molar-refractivity contribution is -0.137. The number of hydrogen-bond acceptors (Lipinski definition) is 2. The van der Waals surface area contributed by atoms with Crippen molar-refractivity contribution in [1.29, 1.82) is 0 Å². The van der Waals surface area contributed by atoms with Gasteiger partial charge in [-0.25, -0.2) is 4.79 Å². The molecule has 0 spiro atoms. The fraction of sp³-hybridized carbons (Fsp3) is 0.875. The van der Waals surface area contributed by atoms with E-state index in [4.69, 9.17) is 5.11 Å². The largest absolute Gasteiger partial charge is 0.481 e.